The molecular weight excluding hydrogens is 312 g/mol. The highest BCUT2D eigenvalue weighted by atomic mass is 16.5. The molecule has 1 aromatic carbocycles. The number of carbonyl (C=O) groups excluding carboxylic acids is 1. The Morgan fingerprint density at radius 2 is 2.00 bits per heavy atom. The van der Waals surface area contributed by atoms with E-state index in [0.29, 0.717) is 12.6 Å². The molecule has 2 aliphatic heterocycles. The summed E-state index contributed by atoms with van der Waals surface area (Å²) in [7, 11) is 1.92. The first-order valence-corrected chi connectivity index (χ1v) is 9.52. The van der Waals surface area contributed by atoms with Crippen molar-refractivity contribution < 1.29 is 9.53 Å². The molecule has 2 heterocycles. The van der Waals surface area contributed by atoms with Crippen molar-refractivity contribution in [2.75, 3.05) is 39.9 Å². The third-order valence-electron chi connectivity index (χ3n) is 5.37. The third kappa shape index (κ3) is 5.16. The maximum absolute atomic E-state index is 12.8. The molecule has 1 aromatic rings. The first-order chi connectivity index (χ1) is 12.2. The number of carbonyl (C=O) groups is 1. The second-order valence-electron chi connectivity index (χ2n) is 7.21. The molecule has 0 radical (unpaired) electrons. The van der Waals surface area contributed by atoms with Gasteiger partial charge in [-0.05, 0) is 37.8 Å². The van der Waals surface area contributed by atoms with Crippen molar-refractivity contribution >= 4 is 12.0 Å². The number of amides is 1. The third-order valence-corrected chi connectivity index (χ3v) is 5.37. The van der Waals surface area contributed by atoms with Gasteiger partial charge < -0.3 is 9.64 Å². The van der Waals surface area contributed by atoms with Crippen molar-refractivity contribution in [2.24, 2.45) is 5.92 Å². The van der Waals surface area contributed by atoms with Gasteiger partial charge in [-0.2, -0.15) is 0 Å². The van der Waals surface area contributed by atoms with Gasteiger partial charge in [-0.15, -0.1) is 0 Å². The smallest absolute Gasteiger partial charge is 0.226 e. The van der Waals surface area contributed by atoms with E-state index in [1.54, 1.807) is 0 Å². The summed E-state index contributed by atoms with van der Waals surface area (Å²) in [6.45, 7) is 4.44. The van der Waals surface area contributed by atoms with E-state index in [1.807, 2.05) is 30.1 Å². The normalized spacial score (nSPS) is 23.0. The molecule has 1 atom stereocenters. The number of likely N-dealkylation sites (tertiary alicyclic amines) is 1. The second kappa shape index (κ2) is 9.16. The van der Waals surface area contributed by atoms with Crippen molar-refractivity contribution in [3.63, 3.8) is 0 Å². The Kier molecular flexibility index (Phi) is 6.65. The van der Waals surface area contributed by atoms with Crippen LogP contribution in [0.25, 0.3) is 6.08 Å². The lowest BCUT2D eigenvalue weighted by molar-refractivity contribution is -0.136. The highest BCUT2D eigenvalue weighted by Gasteiger charge is 2.31. The molecular formula is C21H30N2O2. The first kappa shape index (κ1) is 18.2. The van der Waals surface area contributed by atoms with Crippen LogP contribution in [0.1, 0.15) is 31.2 Å². The molecule has 2 fully saturated rings. The number of hydrogen-bond acceptors (Lipinski definition) is 3. The molecule has 136 valence electrons. The number of nitrogens with zero attached hydrogens (tertiary/aromatic N) is 2. The van der Waals surface area contributed by atoms with E-state index in [1.165, 1.54) is 5.56 Å². The van der Waals surface area contributed by atoms with Crippen LogP contribution in [0.2, 0.25) is 0 Å². The molecule has 2 saturated heterocycles. The maximum atomic E-state index is 12.8. The molecule has 0 aromatic heterocycles. The van der Waals surface area contributed by atoms with Crippen molar-refractivity contribution in [1.82, 2.24) is 9.80 Å². The van der Waals surface area contributed by atoms with E-state index < -0.39 is 0 Å². The summed E-state index contributed by atoms with van der Waals surface area (Å²) in [5.41, 5.74) is 1.17. The maximum Gasteiger partial charge on any atom is 0.226 e. The largest absolute Gasteiger partial charge is 0.381 e. The highest BCUT2D eigenvalue weighted by molar-refractivity contribution is 5.79. The molecule has 0 aliphatic carbocycles. The van der Waals surface area contributed by atoms with Crippen LogP contribution < -0.4 is 0 Å². The van der Waals surface area contributed by atoms with Crippen molar-refractivity contribution in [2.45, 2.75) is 31.7 Å². The van der Waals surface area contributed by atoms with Gasteiger partial charge in [0.25, 0.3) is 0 Å². The SMILES string of the molecule is CN(C/C=C/c1ccccc1)C(=O)[C@@H]1CCCN(C2CCOCC2)C1. The highest BCUT2D eigenvalue weighted by Crippen LogP contribution is 2.24. The van der Waals surface area contributed by atoms with Crippen molar-refractivity contribution in [3.05, 3.63) is 42.0 Å². The summed E-state index contributed by atoms with van der Waals surface area (Å²) in [6.07, 6.45) is 8.52. The summed E-state index contributed by atoms with van der Waals surface area (Å²) in [5, 5.41) is 0. The summed E-state index contributed by atoms with van der Waals surface area (Å²) in [6, 6.07) is 10.8. The number of piperidine rings is 1. The zero-order chi connectivity index (χ0) is 17.5. The van der Waals surface area contributed by atoms with Gasteiger partial charge in [0.05, 0.1) is 5.92 Å². The predicted octanol–water partition coefficient (Wildman–Crippen LogP) is 3.05. The van der Waals surface area contributed by atoms with E-state index in [-0.39, 0.29) is 11.8 Å². The number of likely N-dealkylation sites (N-methyl/N-ethyl adjacent to an activating group) is 1. The molecule has 0 bridgehead atoms. The van der Waals surface area contributed by atoms with E-state index in [0.717, 1.165) is 52.0 Å². The van der Waals surface area contributed by atoms with Crippen LogP contribution in [0.5, 0.6) is 0 Å². The molecule has 4 heteroatoms. The zero-order valence-electron chi connectivity index (χ0n) is 15.3. The van der Waals surface area contributed by atoms with Crippen LogP contribution in [-0.4, -0.2) is 61.6 Å². The van der Waals surface area contributed by atoms with Gasteiger partial charge in [0.15, 0.2) is 0 Å². The second-order valence-corrected chi connectivity index (χ2v) is 7.21. The Bertz CT molecular complexity index is 567. The molecule has 0 saturated carbocycles. The van der Waals surface area contributed by atoms with Gasteiger partial charge in [-0.3, -0.25) is 9.69 Å². The van der Waals surface area contributed by atoms with Gasteiger partial charge in [-0.25, -0.2) is 0 Å². The molecule has 1 amide bonds. The van der Waals surface area contributed by atoms with Crippen LogP contribution in [-0.2, 0) is 9.53 Å². The van der Waals surface area contributed by atoms with E-state index in [2.05, 4.69) is 29.2 Å². The van der Waals surface area contributed by atoms with Crippen LogP contribution in [0.4, 0.5) is 0 Å². The van der Waals surface area contributed by atoms with Gasteiger partial charge >= 0.3 is 0 Å². The minimum absolute atomic E-state index is 0.145. The minimum atomic E-state index is 0.145. The zero-order valence-corrected chi connectivity index (χ0v) is 15.3. The fourth-order valence-corrected chi connectivity index (χ4v) is 3.90. The summed E-state index contributed by atoms with van der Waals surface area (Å²) >= 11 is 0. The molecule has 4 nitrogen and oxygen atoms in total. The van der Waals surface area contributed by atoms with E-state index in [9.17, 15) is 4.79 Å². The Morgan fingerprint density at radius 3 is 2.76 bits per heavy atom. The number of benzene rings is 1. The van der Waals surface area contributed by atoms with Crippen LogP contribution >= 0.6 is 0 Å². The monoisotopic (exact) mass is 342 g/mol. The summed E-state index contributed by atoms with van der Waals surface area (Å²) in [4.78, 5) is 17.2. The lowest BCUT2D eigenvalue weighted by Gasteiger charge is -2.40. The van der Waals surface area contributed by atoms with Gasteiger partial charge in [0, 0.05) is 39.4 Å². The summed E-state index contributed by atoms with van der Waals surface area (Å²) < 4.78 is 5.47. The molecule has 0 spiro atoms. The number of hydrogen-bond donors (Lipinski definition) is 0. The van der Waals surface area contributed by atoms with Crippen LogP contribution in [0.15, 0.2) is 36.4 Å². The fourth-order valence-electron chi connectivity index (χ4n) is 3.90. The lowest BCUT2D eigenvalue weighted by atomic mass is 9.93. The Hall–Kier alpha value is -1.65. The van der Waals surface area contributed by atoms with Gasteiger partial charge in [0.2, 0.25) is 5.91 Å². The quantitative estimate of drug-likeness (QED) is 0.824. The topological polar surface area (TPSA) is 32.8 Å². The van der Waals surface area contributed by atoms with Crippen molar-refractivity contribution in [1.29, 1.82) is 0 Å². The molecule has 3 rings (SSSR count). The van der Waals surface area contributed by atoms with Crippen LogP contribution in [0.3, 0.4) is 0 Å². The number of rotatable bonds is 5. The van der Waals surface area contributed by atoms with E-state index in [4.69, 9.17) is 4.74 Å². The average Bonchev–Trinajstić information content (AvgIpc) is 2.69. The Balaban J connectivity index is 1.49. The molecule has 2 aliphatic rings. The fraction of sp³-hybridized carbons (Fsp3) is 0.571. The van der Waals surface area contributed by atoms with Crippen LogP contribution in [0, 0.1) is 5.92 Å². The molecule has 0 N–H and O–H groups in total. The van der Waals surface area contributed by atoms with Crippen molar-refractivity contribution in [3.8, 4) is 0 Å². The summed E-state index contributed by atoms with van der Waals surface area (Å²) in [5.74, 6) is 0.432. The average molecular weight is 342 g/mol. The Morgan fingerprint density at radius 1 is 1.24 bits per heavy atom. The standard InChI is InChI=1S/C21H30N2O2/c1-22(13-5-9-18-7-3-2-4-8-18)21(24)19-10-6-14-23(17-19)20-11-15-25-16-12-20/h2-5,7-9,19-20H,6,10-17H2,1H3/b9-5+/t19-/m1/s1. The minimum Gasteiger partial charge on any atom is -0.381 e. The Labute approximate surface area is 151 Å². The molecule has 25 heavy (non-hydrogen) atoms. The number of ether oxygens (including phenoxy) is 1. The van der Waals surface area contributed by atoms with E-state index >= 15 is 0 Å². The lowest BCUT2D eigenvalue weighted by Crippen LogP contribution is -2.49. The van der Waals surface area contributed by atoms with Gasteiger partial charge in [-0.1, -0.05) is 42.5 Å². The molecule has 0 unspecified atom stereocenters. The first-order valence-electron chi connectivity index (χ1n) is 9.52. The van der Waals surface area contributed by atoms with Gasteiger partial charge in [0.1, 0.15) is 0 Å². The predicted molar refractivity (Wildman–Crippen MR) is 101 cm³/mol.